The van der Waals surface area contributed by atoms with Crippen LogP contribution < -0.4 is 0 Å². The number of fused-ring (bicyclic) bond motifs is 1. The van der Waals surface area contributed by atoms with Crippen molar-refractivity contribution in [3.8, 4) is 0 Å². The molecule has 1 aliphatic carbocycles. The molecule has 49 valence electrons. The van der Waals surface area contributed by atoms with E-state index in [1.54, 1.807) is 0 Å². The maximum absolute atomic E-state index is 3.86. The summed E-state index contributed by atoms with van der Waals surface area (Å²) in [6, 6.07) is 6.44. The molecule has 0 atom stereocenters. The van der Waals surface area contributed by atoms with Crippen LogP contribution >= 0.6 is 0 Å². The molecule has 0 nitrogen and oxygen atoms in total. The summed E-state index contributed by atoms with van der Waals surface area (Å²) < 4.78 is 0. The number of hydrogen-bond acceptors (Lipinski definition) is 0. The van der Waals surface area contributed by atoms with Crippen LogP contribution in [0.3, 0.4) is 0 Å². The number of aryl methyl sites for hydroxylation is 2. The van der Waals surface area contributed by atoms with Crippen molar-refractivity contribution in [1.82, 2.24) is 0 Å². The third-order valence-electron chi connectivity index (χ3n) is 1.93. The van der Waals surface area contributed by atoms with E-state index in [9.17, 15) is 0 Å². The van der Waals surface area contributed by atoms with Gasteiger partial charge in [0.25, 0.3) is 0 Å². The fourth-order valence-corrected chi connectivity index (χ4v) is 1.25. The van der Waals surface area contributed by atoms with Crippen LogP contribution in [-0.2, 0) is 45.6 Å². The fraction of sp³-hybridized carbons (Fsp3) is 0.222. The van der Waals surface area contributed by atoms with Crippen molar-refractivity contribution < 1.29 is 32.7 Å². The second-order valence-corrected chi connectivity index (χ2v) is 2.60. The third kappa shape index (κ3) is 1.28. The molecule has 0 aliphatic heterocycles. The van der Waals surface area contributed by atoms with Gasteiger partial charge in [-0.1, -0.05) is 5.56 Å². The minimum Gasteiger partial charge on any atom is -0.199 e. The molecule has 0 spiro atoms. The van der Waals surface area contributed by atoms with Crippen molar-refractivity contribution in [2.75, 3.05) is 0 Å². The molecule has 2 rings (SSSR count). The van der Waals surface area contributed by atoms with Gasteiger partial charge in [-0.2, -0.15) is 24.6 Å². The minimum absolute atomic E-state index is 0. The van der Waals surface area contributed by atoms with Gasteiger partial charge >= 0.3 is 0 Å². The molecule has 0 aromatic heterocycles. The molecular formula is C9H9Y-. The molecule has 0 bridgehead atoms. The van der Waals surface area contributed by atoms with Crippen LogP contribution in [0.5, 0.6) is 0 Å². The number of hydrogen-bond donors (Lipinski definition) is 0. The van der Waals surface area contributed by atoms with Crippen LogP contribution in [0.4, 0.5) is 0 Å². The predicted octanol–water partition coefficient (Wildman–Crippen LogP) is 1.96. The zero-order valence-electron chi connectivity index (χ0n) is 5.93. The molecule has 0 amide bonds. The van der Waals surface area contributed by atoms with E-state index in [4.69, 9.17) is 0 Å². The Balaban J connectivity index is 0.000000500. The summed E-state index contributed by atoms with van der Waals surface area (Å²) in [5.74, 6) is 0. The van der Waals surface area contributed by atoms with Crippen LogP contribution in [0, 0.1) is 6.92 Å². The van der Waals surface area contributed by atoms with Crippen molar-refractivity contribution >= 4 is 0 Å². The Hall–Kier alpha value is 0.194. The molecule has 1 aliphatic rings. The van der Waals surface area contributed by atoms with E-state index in [-0.39, 0.29) is 32.7 Å². The first kappa shape index (κ1) is 8.29. The quantitative estimate of drug-likeness (QED) is 0.569. The Morgan fingerprint density at radius 1 is 1.10 bits per heavy atom. The van der Waals surface area contributed by atoms with Crippen molar-refractivity contribution in [3.63, 3.8) is 0 Å². The van der Waals surface area contributed by atoms with E-state index < -0.39 is 0 Å². The Morgan fingerprint density at radius 3 is 2.20 bits per heavy atom. The van der Waals surface area contributed by atoms with Crippen LogP contribution in [0.15, 0.2) is 18.2 Å². The van der Waals surface area contributed by atoms with Gasteiger partial charge in [0.2, 0.25) is 0 Å². The van der Waals surface area contributed by atoms with Gasteiger partial charge in [-0.3, -0.25) is 0 Å². The molecule has 0 unspecified atom stereocenters. The van der Waals surface area contributed by atoms with Crippen molar-refractivity contribution in [1.29, 1.82) is 0 Å². The number of benzene rings is 1. The zero-order valence-corrected chi connectivity index (χ0v) is 8.77. The summed E-state index contributed by atoms with van der Waals surface area (Å²) in [4.78, 5) is 0. The van der Waals surface area contributed by atoms with E-state index >= 15 is 0 Å². The topological polar surface area (TPSA) is 0 Å². The first-order chi connectivity index (χ1) is 4.36. The van der Waals surface area contributed by atoms with Crippen molar-refractivity contribution in [2.45, 2.75) is 12.8 Å². The summed E-state index contributed by atoms with van der Waals surface area (Å²) >= 11 is 0. The molecule has 1 radical (unpaired) electrons. The van der Waals surface area contributed by atoms with Crippen LogP contribution in [0.2, 0.25) is 0 Å². The van der Waals surface area contributed by atoms with Crippen LogP contribution in [-0.4, -0.2) is 0 Å². The maximum atomic E-state index is 3.86. The van der Waals surface area contributed by atoms with E-state index in [1.807, 2.05) is 0 Å². The Bertz CT molecular complexity index is 240. The standard InChI is InChI=1S/C9H9.Y/c1-7-2-3-8-4-5-9(8)6-7;/h2-3,6H,1,4-5H2;/q-1;. The molecule has 0 heterocycles. The second kappa shape index (κ2) is 3.06. The molecule has 0 saturated carbocycles. The summed E-state index contributed by atoms with van der Waals surface area (Å²) in [6.07, 6.45) is 2.54. The average molecular weight is 206 g/mol. The van der Waals surface area contributed by atoms with E-state index in [2.05, 4.69) is 25.1 Å². The first-order valence-corrected chi connectivity index (χ1v) is 3.30. The summed E-state index contributed by atoms with van der Waals surface area (Å²) in [5, 5.41) is 0. The summed E-state index contributed by atoms with van der Waals surface area (Å²) in [7, 11) is 0. The Labute approximate surface area is 86.9 Å². The monoisotopic (exact) mass is 206 g/mol. The molecular weight excluding hydrogens is 197 g/mol. The van der Waals surface area contributed by atoms with E-state index in [0.717, 1.165) is 5.56 Å². The van der Waals surface area contributed by atoms with Gasteiger partial charge in [-0.05, 0) is 12.8 Å². The fourth-order valence-electron chi connectivity index (χ4n) is 1.25. The van der Waals surface area contributed by atoms with E-state index in [0.29, 0.717) is 0 Å². The van der Waals surface area contributed by atoms with Gasteiger partial charge in [-0.25, -0.2) is 0 Å². The number of rotatable bonds is 0. The smallest absolute Gasteiger partial charge is 0 e. The van der Waals surface area contributed by atoms with Gasteiger partial charge in [0.1, 0.15) is 0 Å². The van der Waals surface area contributed by atoms with Gasteiger partial charge in [0.05, 0.1) is 0 Å². The molecule has 0 N–H and O–H groups in total. The molecule has 1 aromatic carbocycles. The van der Waals surface area contributed by atoms with Crippen molar-refractivity contribution in [3.05, 3.63) is 41.8 Å². The molecule has 1 heteroatoms. The van der Waals surface area contributed by atoms with E-state index in [1.165, 1.54) is 24.0 Å². The normalized spacial score (nSPS) is 12.8. The molecule has 10 heavy (non-hydrogen) atoms. The van der Waals surface area contributed by atoms with Gasteiger partial charge in [0.15, 0.2) is 0 Å². The Kier molecular flexibility index (Phi) is 2.54. The maximum Gasteiger partial charge on any atom is 0 e. The van der Waals surface area contributed by atoms with Crippen LogP contribution in [0.1, 0.15) is 16.7 Å². The summed E-state index contributed by atoms with van der Waals surface area (Å²) in [5.41, 5.74) is 4.17. The average Bonchev–Trinajstić information content (AvgIpc) is 1.78. The molecule has 0 saturated heterocycles. The molecule has 0 fully saturated rings. The van der Waals surface area contributed by atoms with Gasteiger partial charge < -0.3 is 0 Å². The SMILES string of the molecule is [CH2-]c1ccc2c(c1)CC2.[Y]. The zero-order chi connectivity index (χ0) is 6.27. The minimum atomic E-state index is 0. The van der Waals surface area contributed by atoms with Crippen molar-refractivity contribution in [2.24, 2.45) is 0 Å². The molecule has 1 aromatic rings. The largest absolute Gasteiger partial charge is 0.199 e. The van der Waals surface area contributed by atoms with Crippen LogP contribution in [0.25, 0.3) is 0 Å². The Morgan fingerprint density at radius 2 is 1.80 bits per heavy atom. The second-order valence-electron chi connectivity index (χ2n) is 2.60. The van der Waals surface area contributed by atoms with Gasteiger partial charge in [0, 0.05) is 32.7 Å². The first-order valence-electron chi connectivity index (χ1n) is 3.30. The van der Waals surface area contributed by atoms with Gasteiger partial charge in [-0.15, -0.1) is 11.6 Å². The summed E-state index contributed by atoms with van der Waals surface area (Å²) in [6.45, 7) is 3.86. The third-order valence-corrected chi connectivity index (χ3v) is 1.93. The predicted molar refractivity (Wildman–Crippen MR) is 38.3 cm³/mol.